The zero-order chi connectivity index (χ0) is 15.7. The zero-order valence-electron chi connectivity index (χ0n) is 11.7. The average Bonchev–Trinajstić information content (AvgIpc) is 3.05. The molecule has 8 nitrogen and oxygen atoms in total. The highest BCUT2D eigenvalue weighted by Crippen LogP contribution is 2.33. The van der Waals surface area contributed by atoms with Gasteiger partial charge in [0.05, 0.1) is 18.1 Å². The van der Waals surface area contributed by atoms with Gasteiger partial charge in [0.25, 0.3) is 0 Å². The van der Waals surface area contributed by atoms with E-state index in [9.17, 15) is 10.2 Å². The van der Waals surface area contributed by atoms with E-state index >= 15 is 0 Å². The number of nitrogens with two attached hydrogens (primary N) is 1. The molecule has 9 heteroatoms. The van der Waals surface area contributed by atoms with Gasteiger partial charge in [0.15, 0.2) is 6.23 Å². The molecule has 1 saturated heterocycles. The Labute approximate surface area is 130 Å². The van der Waals surface area contributed by atoms with Crippen LogP contribution in [0.1, 0.15) is 6.23 Å². The van der Waals surface area contributed by atoms with Crippen LogP contribution in [0.3, 0.4) is 0 Å². The lowest BCUT2D eigenvalue weighted by Crippen LogP contribution is -2.32. The van der Waals surface area contributed by atoms with Crippen molar-refractivity contribution in [1.82, 2.24) is 14.5 Å². The molecule has 0 saturated carbocycles. The lowest BCUT2D eigenvalue weighted by molar-refractivity contribution is -0.0285. The molecule has 0 unspecified atom stereocenters. The van der Waals surface area contributed by atoms with E-state index in [1.807, 2.05) is 0 Å². The predicted octanol–water partition coefficient (Wildman–Crippen LogP) is -0.642. The normalized spacial score (nSPS) is 28.5. The monoisotopic (exact) mass is 326 g/mol. The van der Waals surface area contributed by atoms with Crippen LogP contribution in [0, 0.1) is 0 Å². The number of thioether (sulfide) groups is 1. The van der Waals surface area contributed by atoms with E-state index in [0.29, 0.717) is 28.4 Å². The largest absolute Gasteiger partial charge is 0.396 e. The van der Waals surface area contributed by atoms with Gasteiger partial charge < -0.3 is 30.4 Å². The number of hydrogen-bond donors (Lipinski definition) is 4. The fourth-order valence-electron chi connectivity index (χ4n) is 2.56. The molecule has 2 aromatic rings. The summed E-state index contributed by atoms with van der Waals surface area (Å²) in [7, 11) is 0. The first-order valence-corrected chi connectivity index (χ1v) is 8.06. The Balaban J connectivity index is 1.83. The van der Waals surface area contributed by atoms with Crippen LogP contribution in [0.5, 0.6) is 0 Å². The summed E-state index contributed by atoms with van der Waals surface area (Å²) in [6, 6.07) is 1.75. The number of anilines is 1. The van der Waals surface area contributed by atoms with E-state index in [4.69, 9.17) is 15.6 Å². The third-order valence-electron chi connectivity index (χ3n) is 3.67. The van der Waals surface area contributed by atoms with Gasteiger partial charge in [0, 0.05) is 17.7 Å². The van der Waals surface area contributed by atoms with Crippen LogP contribution in [0.4, 0.5) is 5.82 Å². The van der Waals surface area contributed by atoms with Gasteiger partial charge in [-0.15, -0.1) is 0 Å². The number of rotatable bonds is 5. The van der Waals surface area contributed by atoms with E-state index in [-0.39, 0.29) is 6.61 Å². The molecule has 22 heavy (non-hydrogen) atoms. The molecule has 1 aliphatic rings. The first-order valence-electron chi connectivity index (χ1n) is 6.90. The molecule has 0 radical (unpaired) electrons. The summed E-state index contributed by atoms with van der Waals surface area (Å²) >= 11 is 1.46. The minimum absolute atomic E-state index is 0.0674. The summed E-state index contributed by atoms with van der Waals surface area (Å²) in [6.07, 6.45) is -0.242. The van der Waals surface area contributed by atoms with Crippen LogP contribution in [0.15, 0.2) is 18.6 Å². The predicted molar refractivity (Wildman–Crippen MR) is 82.3 cm³/mol. The van der Waals surface area contributed by atoms with Crippen molar-refractivity contribution >= 4 is 28.6 Å². The molecule has 0 amide bonds. The molecule has 3 heterocycles. The number of nitrogen functional groups attached to an aromatic ring is 1. The number of nitrogens with zero attached hydrogens (tertiary/aromatic N) is 3. The van der Waals surface area contributed by atoms with Crippen molar-refractivity contribution in [3.8, 4) is 0 Å². The number of fused-ring (bicyclic) bond motifs is 1. The SMILES string of the molecule is Nc1ncnc2c1ccn2[C@@H]1O[C@H](CSCCO)[C@@H](O)[C@H]1O. The van der Waals surface area contributed by atoms with Crippen LogP contribution < -0.4 is 5.73 Å². The zero-order valence-corrected chi connectivity index (χ0v) is 12.6. The van der Waals surface area contributed by atoms with Gasteiger partial charge in [-0.25, -0.2) is 9.97 Å². The Morgan fingerprint density at radius 3 is 2.91 bits per heavy atom. The molecule has 0 bridgehead atoms. The van der Waals surface area contributed by atoms with Gasteiger partial charge in [-0.1, -0.05) is 0 Å². The maximum absolute atomic E-state index is 10.3. The molecule has 3 rings (SSSR count). The summed E-state index contributed by atoms with van der Waals surface area (Å²) in [6.45, 7) is 0.0674. The summed E-state index contributed by atoms with van der Waals surface area (Å²) in [5, 5.41) is 29.9. The molecule has 2 aromatic heterocycles. The molecule has 5 N–H and O–H groups in total. The molecule has 0 spiro atoms. The third-order valence-corrected chi connectivity index (χ3v) is 4.70. The second-order valence-corrected chi connectivity index (χ2v) is 6.21. The van der Waals surface area contributed by atoms with Crippen LogP contribution >= 0.6 is 11.8 Å². The topological polar surface area (TPSA) is 127 Å². The number of ether oxygens (including phenoxy) is 1. The Bertz CT molecular complexity index is 652. The minimum Gasteiger partial charge on any atom is -0.396 e. The van der Waals surface area contributed by atoms with Gasteiger partial charge >= 0.3 is 0 Å². The van der Waals surface area contributed by atoms with Gasteiger partial charge in [0.2, 0.25) is 0 Å². The first-order chi connectivity index (χ1) is 10.6. The molecular formula is C13H18N4O4S. The first kappa shape index (κ1) is 15.5. The van der Waals surface area contributed by atoms with E-state index in [0.717, 1.165) is 0 Å². The van der Waals surface area contributed by atoms with Crippen LogP contribution in [0.2, 0.25) is 0 Å². The number of hydrogen-bond acceptors (Lipinski definition) is 8. The highest BCUT2D eigenvalue weighted by atomic mass is 32.2. The maximum Gasteiger partial charge on any atom is 0.164 e. The minimum atomic E-state index is -1.06. The van der Waals surface area contributed by atoms with E-state index in [2.05, 4.69) is 9.97 Å². The van der Waals surface area contributed by atoms with Gasteiger partial charge in [-0.2, -0.15) is 11.8 Å². The molecule has 1 fully saturated rings. The fraction of sp³-hybridized carbons (Fsp3) is 0.538. The smallest absolute Gasteiger partial charge is 0.164 e. The maximum atomic E-state index is 10.3. The Kier molecular flexibility index (Phi) is 4.50. The van der Waals surface area contributed by atoms with Crippen molar-refractivity contribution in [2.75, 3.05) is 23.8 Å². The molecule has 4 atom stereocenters. The van der Waals surface area contributed by atoms with Crippen molar-refractivity contribution in [1.29, 1.82) is 0 Å². The van der Waals surface area contributed by atoms with E-state index < -0.39 is 24.5 Å². The summed E-state index contributed by atoms with van der Waals surface area (Å²) in [5.41, 5.74) is 6.34. The molecule has 120 valence electrons. The van der Waals surface area contributed by atoms with Gasteiger partial charge in [-0.3, -0.25) is 0 Å². The third kappa shape index (κ3) is 2.66. The lowest BCUT2D eigenvalue weighted by atomic mass is 10.1. The van der Waals surface area contributed by atoms with Crippen molar-refractivity contribution in [3.05, 3.63) is 18.6 Å². The summed E-state index contributed by atoms with van der Waals surface area (Å²) < 4.78 is 7.43. The highest BCUT2D eigenvalue weighted by Gasteiger charge is 2.43. The number of aliphatic hydroxyl groups excluding tert-OH is 3. The van der Waals surface area contributed by atoms with Crippen molar-refractivity contribution < 1.29 is 20.1 Å². The standard InChI is InChI=1S/C13H18N4O4S/c14-11-7-1-2-17(12(7)16-6-15-11)13-10(20)9(19)8(21-13)5-22-4-3-18/h1-2,6,8-10,13,18-20H,3-5H2,(H2,14,15,16)/t8-,9-,10-,13-/m1/s1. The molecule has 0 aliphatic carbocycles. The highest BCUT2D eigenvalue weighted by molar-refractivity contribution is 7.99. The lowest BCUT2D eigenvalue weighted by Gasteiger charge is -2.17. The Morgan fingerprint density at radius 1 is 1.32 bits per heavy atom. The van der Waals surface area contributed by atoms with E-state index in [1.54, 1.807) is 16.8 Å². The number of aromatic nitrogens is 3. The second-order valence-electron chi connectivity index (χ2n) is 5.06. The van der Waals surface area contributed by atoms with Crippen molar-refractivity contribution in [2.24, 2.45) is 0 Å². The molecule has 1 aliphatic heterocycles. The van der Waals surface area contributed by atoms with Crippen LogP contribution in [0.25, 0.3) is 11.0 Å². The second kappa shape index (κ2) is 6.39. The number of aliphatic hydroxyl groups is 3. The van der Waals surface area contributed by atoms with Crippen LogP contribution in [-0.4, -0.2) is 66.3 Å². The quantitative estimate of drug-likeness (QED) is 0.534. The van der Waals surface area contributed by atoms with Crippen molar-refractivity contribution in [2.45, 2.75) is 24.5 Å². The summed E-state index contributed by atoms with van der Waals surface area (Å²) in [4.78, 5) is 8.09. The average molecular weight is 326 g/mol. The van der Waals surface area contributed by atoms with Crippen molar-refractivity contribution in [3.63, 3.8) is 0 Å². The molecular weight excluding hydrogens is 308 g/mol. The fourth-order valence-corrected chi connectivity index (χ4v) is 3.36. The Morgan fingerprint density at radius 2 is 2.14 bits per heavy atom. The van der Waals surface area contributed by atoms with E-state index in [1.165, 1.54) is 18.1 Å². The van der Waals surface area contributed by atoms with Gasteiger partial charge in [0.1, 0.15) is 30.0 Å². The van der Waals surface area contributed by atoms with Gasteiger partial charge in [-0.05, 0) is 6.07 Å². The Hall–Kier alpha value is -1.39. The van der Waals surface area contributed by atoms with Crippen LogP contribution in [-0.2, 0) is 4.74 Å². The molecule has 0 aromatic carbocycles. The summed E-state index contributed by atoms with van der Waals surface area (Å²) in [5.74, 6) is 1.40.